The molecule has 30 heavy (non-hydrogen) atoms. The SMILES string of the molecule is CCCCCCC(=O)OCC(C)(C)COC(=O)C(C)(C)COC(=O)CCCCCC. The highest BCUT2D eigenvalue weighted by Gasteiger charge is 2.33. The molecule has 0 heterocycles. The summed E-state index contributed by atoms with van der Waals surface area (Å²) in [5, 5.41) is 0. The minimum atomic E-state index is -0.925. The van der Waals surface area contributed by atoms with Gasteiger partial charge in [-0.05, 0) is 26.7 Å². The molecule has 0 aromatic rings. The Kier molecular flexibility index (Phi) is 14.4. The summed E-state index contributed by atoms with van der Waals surface area (Å²) in [7, 11) is 0. The van der Waals surface area contributed by atoms with Crippen LogP contribution in [0.25, 0.3) is 0 Å². The molecule has 0 atom stereocenters. The lowest BCUT2D eigenvalue weighted by Crippen LogP contribution is -2.36. The predicted octanol–water partition coefficient (Wildman–Crippen LogP) is 5.61. The van der Waals surface area contributed by atoms with E-state index in [0.717, 1.165) is 51.4 Å². The van der Waals surface area contributed by atoms with Crippen LogP contribution in [0.1, 0.15) is 106 Å². The largest absolute Gasteiger partial charge is 0.465 e. The number of carbonyl (C=O) groups is 3. The molecule has 0 radical (unpaired) electrons. The van der Waals surface area contributed by atoms with E-state index in [4.69, 9.17) is 14.2 Å². The molecule has 0 aliphatic heterocycles. The smallest absolute Gasteiger partial charge is 0.315 e. The number of carbonyl (C=O) groups excluding carboxylic acids is 3. The van der Waals surface area contributed by atoms with Crippen molar-refractivity contribution < 1.29 is 28.6 Å². The highest BCUT2D eigenvalue weighted by Crippen LogP contribution is 2.22. The van der Waals surface area contributed by atoms with E-state index >= 15 is 0 Å². The second kappa shape index (κ2) is 15.2. The first kappa shape index (κ1) is 28.4. The van der Waals surface area contributed by atoms with Crippen LogP contribution in [0.5, 0.6) is 0 Å². The molecule has 0 amide bonds. The second-order valence-corrected chi connectivity index (χ2v) is 9.57. The molecule has 6 heteroatoms. The van der Waals surface area contributed by atoms with E-state index in [1.54, 1.807) is 13.8 Å². The lowest BCUT2D eigenvalue weighted by molar-refractivity contribution is -0.165. The zero-order valence-corrected chi connectivity index (χ0v) is 20.1. The fraction of sp³-hybridized carbons (Fsp3) is 0.875. The van der Waals surface area contributed by atoms with Crippen LogP contribution in [-0.2, 0) is 28.6 Å². The molecular formula is C24H44O6. The minimum Gasteiger partial charge on any atom is -0.465 e. The first-order valence-corrected chi connectivity index (χ1v) is 11.5. The fourth-order valence-electron chi connectivity index (χ4n) is 2.63. The topological polar surface area (TPSA) is 78.9 Å². The van der Waals surface area contributed by atoms with Gasteiger partial charge in [0.05, 0.1) is 18.6 Å². The summed E-state index contributed by atoms with van der Waals surface area (Å²) in [5.41, 5.74) is -1.41. The summed E-state index contributed by atoms with van der Waals surface area (Å²) in [5.74, 6) is -0.921. The minimum absolute atomic E-state index is 0.00831. The molecule has 0 rings (SSSR count). The van der Waals surface area contributed by atoms with Gasteiger partial charge < -0.3 is 14.2 Å². The van der Waals surface area contributed by atoms with Crippen molar-refractivity contribution in [1.29, 1.82) is 0 Å². The van der Waals surface area contributed by atoms with Gasteiger partial charge in [0.2, 0.25) is 0 Å². The average Bonchev–Trinajstić information content (AvgIpc) is 2.69. The van der Waals surface area contributed by atoms with Crippen LogP contribution in [0.15, 0.2) is 0 Å². The summed E-state index contributed by atoms with van der Waals surface area (Å²) in [6.45, 7) is 11.7. The van der Waals surface area contributed by atoms with Crippen molar-refractivity contribution in [1.82, 2.24) is 0 Å². The fourth-order valence-corrected chi connectivity index (χ4v) is 2.63. The van der Waals surface area contributed by atoms with Crippen molar-refractivity contribution in [2.45, 2.75) is 106 Å². The van der Waals surface area contributed by atoms with Crippen LogP contribution in [-0.4, -0.2) is 37.7 Å². The molecule has 0 unspecified atom stereocenters. The first-order chi connectivity index (χ1) is 14.0. The maximum atomic E-state index is 12.4. The van der Waals surface area contributed by atoms with E-state index in [1.165, 1.54) is 0 Å². The first-order valence-electron chi connectivity index (χ1n) is 11.5. The van der Waals surface area contributed by atoms with E-state index < -0.39 is 16.8 Å². The molecule has 0 bridgehead atoms. The Morgan fingerprint density at radius 1 is 0.600 bits per heavy atom. The Morgan fingerprint density at radius 2 is 1.03 bits per heavy atom. The molecule has 0 N–H and O–H groups in total. The third kappa shape index (κ3) is 14.4. The molecule has 176 valence electrons. The molecule has 0 spiro atoms. The Bertz CT molecular complexity index is 510. The van der Waals surface area contributed by atoms with Crippen molar-refractivity contribution in [3.8, 4) is 0 Å². The lowest BCUT2D eigenvalue weighted by atomic mass is 9.93. The maximum Gasteiger partial charge on any atom is 0.315 e. The highest BCUT2D eigenvalue weighted by atomic mass is 16.6. The number of unbranched alkanes of at least 4 members (excludes halogenated alkanes) is 6. The Balaban J connectivity index is 4.20. The summed E-state index contributed by atoms with van der Waals surface area (Å²) in [4.78, 5) is 36.1. The zero-order chi connectivity index (χ0) is 23.0. The monoisotopic (exact) mass is 428 g/mol. The third-order valence-electron chi connectivity index (χ3n) is 4.83. The highest BCUT2D eigenvalue weighted by molar-refractivity contribution is 5.77. The van der Waals surface area contributed by atoms with Crippen LogP contribution in [0.2, 0.25) is 0 Å². The van der Waals surface area contributed by atoms with Gasteiger partial charge in [-0.15, -0.1) is 0 Å². The quantitative estimate of drug-likeness (QED) is 0.170. The molecular weight excluding hydrogens is 384 g/mol. The van der Waals surface area contributed by atoms with Crippen LogP contribution in [0.3, 0.4) is 0 Å². The predicted molar refractivity (Wildman–Crippen MR) is 118 cm³/mol. The van der Waals surface area contributed by atoms with E-state index in [0.29, 0.717) is 12.8 Å². The molecule has 0 aromatic carbocycles. The van der Waals surface area contributed by atoms with Crippen LogP contribution < -0.4 is 0 Å². The van der Waals surface area contributed by atoms with Crippen molar-refractivity contribution in [2.75, 3.05) is 19.8 Å². The Hall–Kier alpha value is -1.59. The van der Waals surface area contributed by atoms with Crippen molar-refractivity contribution in [3.63, 3.8) is 0 Å². The van der Waals surface area contributed by atoms with Crippen molar-refractivity contribution in [3.05, 3.63) is 0 Å². The van der Waals surface area contributed by atoms with Gasteiger partial charge in [0.25, 0.3) is 0 Å². The molecule has 0 saturated heterocycles. The zero-order valence-electron chi connectivity index (χ0n) is 20.1. The average molecular weight is 429 g/mol. The van der Waals surface area contributed by atoms with Gasteiger partial charge in [-0.2, -0.15) is 0 Å². The summed E-state index contributed by atoms with van der Waals surface area (Å²) >= 11 is 0. The molecule has 6 nitrogen and oxygen atoms in total. The van der Waals surface area contributed by atoms with E-state index in [-0.39, 0.29) is 31.8 Å². The van der Waals surface area contributed by atoms with E-state index in [9.17, 15) is 14.4 Å². The Morgan fingerprint density at radius 3 is 1.50 bits per heavy atom. The summed E-state index contributed by atoms with van der Waals surface area (Å²) < 4.78 is 16.0. The lowest BCUT2D eigenvalue weighted by Gasteiger charge is -2.27. The van der Waals surface area contributed by atoms with Gasteiger partial charge in [0.1, 0.15) is 6.61 Å². The van der Waals surface area contributed by atoms with Gasteiger partial charge in [-0.25, -0.2) is 0 Å². The molecule has 0 aliphatic carbocycles. The van der Waals surface area contributed by atoms with Crippen LogP contribution in [0, 0.1) is 10.8 Å². The van der Waals surface area contributed by atoms with Crippen molar-refractivity contribution in [2.24, 2.45) is 10.8 Å². The number of ether oxygens (including phenoxy) is 3. The molecule has 0 aromatic heterocycles. The normalized spacial score (nSPS) is 11.8. The van der Waals surface area contributed by atoms with Crippen LogP contribution in [0.4, 0.5) is 0 Å². The third-order valence-corrected chi connectivity index (χ3v) is 4.83. The number of hydrogen-bond donors (Lipinski definition) is 0. The second-order valence-electron chi connectivity index (χ2n) is 9.57. The van der Waals surface area contributed by atoms with Crippen LogP contribution >= 0.6 is 0 Å². The molecule has 0 aliphatic rings. The number of rotatable bonds is 17. The van der Waals surface area contributed by atoms with E-state index in [2.05, 4.69) is 13.8 Å². The van der Waals surface area contributed by atoms with Gasteiger partial charge in [-0.3, -0.25) is 14.4 Å². The van der Waals surface area contributed by atoms with Gasteiger partial charge in [0, 0.05) is 18.3 Å². The number of hydrogen-bond acceptors (Lipinski definition) is 6. The molecule has 0 saturated carbocycles. The maximum absolute atomic E-state index is 12.4. The number of esters is 3. The molecule has 0 fully saturated rings. The van der Waals surface area contributed by atoms with Gasteiger partial charge >= 0.3 is 17.9 Å². The summed E-state index contributed by atoms with van der Waals surface area (Å²) in [6, 6.07) is 0. The van der Waals surface area contributed by atoms with Gasteiger partial charge in [-0.1, -0.05) is 66.2 Å². The van der Waals surface area contributed by atoms with Gasteiger partial charge in [0.15, 0.2) is 0 Å². The van der Waals surface area contributed by atoms with Crippen molar-refractivity contribution >= 4 is 17.9 Å². The standard InChI is InChI=1S/C24H44O6/c1-7-9-11-13-15-20(25)28-17-23(3,4)18-30-22(27)24(5,6)19-29-21(26)16-14-12-10-8-2/h7-19H2,1-6H3. The summed E-state index contributed by atoms with van der Waals surface area (Å²) in [6.07, 6.45) is 8.96. The Labute approximate surface area is 183 Å². The van der Waals surface area contributed by atoms with E-state index in [1.807, 2.05) is 13.8 Å².